The monoisotopic (exact) mass is 384 g/mol. The third-order valence-electron chi connectivity index (χ3n) is 5.52. The van der Waals surface area contributed by atoms with Gasteiger partial charge in [0.05, 0.1) is 7.11 Å². The van der Waals surface area contributed by atoms with E-state index in [9.17, 15) is 9.18 Å². The van der Waals surface area contributed by atoms with Gasteiger partial charge in [-0.25, -0.2) is 4.39 Å². The minimum absolute atomic E-state index is 0.0635. The van der Waals surface area contributed by atoms with Crippen LogP contribution < -0.4 is 10.5 Å². The van der Waals surface area contributed by atoms with Crippen LogP contribution in [0, 0.1) is 11.7 Å². The number of methoxy groups -OCH3 is 1. The smallest absolute Gasteiger partial charge is 0.226 e. The first-order valence-corrected chi connectivity index (χ1v) is 9.97. The Morgan fingerprint density at radius 3 is 2.61 bits per heavy atom. The molecular formula is C23H29FN2O2. The van der Waals surface area contributed by atoms with Gasteiger partial charge in [-0.2, -0.15) is 0 Å². The Morgan fingerprint density at radius 1 is 1.18 bits per heavy atom. The minimum atomic E-state index is -0.273. The Morgan fingerprint density at radius 2 is 1.93 bits per heavy atom. The van der Waals surface area contributed by atoms with Crippen molar-refractivity contribution in [2.45, 2.75) is 44.7 Å². The van der Waals surface area contributed by atoms with Crippen LogP contribution in [0.3, 0.4) is 0 Å². The van der Waals surface area contributed by atoms with E-state index in [1.165, 1.54) is 6.07 Å². The number of benzene rings is 2. The second-order valence-electron chi connectivity index (χ2n) is 7.57. The van der Waals surface area contributed by atoms with Gasteiger partial charge in [-0.1, -0.05) is 36.8 Å². The fourth-order valence-corrected chi connectivity index (χ4v) is 3.87. The number of halogens is 1. The van der Waals surface area contributed by atoms with Crippen molar-refractivity contribution in [2.24, 2.45) is 11.7 Å². The first-order chi connectivity index (χ1) is 13.6. The second kappa shape index (κ2) is 9.69. The minimum Gasteiger partial charge on any atom is -0.497 e. The van der Waals surface area contributed by atoms with Crippen LogP contribution in [0.15, 0.2) is 48.5 Å². The molecule has 0 aliphatic heterocycles. The highest BCUT2D eigenvalue weighted by Crippen LogP contribution is 2.26. The summed E-state index contributed by atoms with van der Waals surface area (Å²) in [7, 11) is 1.64. The van der Waals surface area contributed by atoms with E-state index in [0.717, 1.165) is 37.0 Å². The van der Waals surface area contributed by atoms with Gasteiger partial charge in [0.25, 0.3) is 0 Å². The molecule has 0 radical (unpaired) electrons. The molecule has 5 heteroatoms. The normalized spacial score (nSPS) is 19.2. The molecule has 0 saturated heterocycles. The predicted molar refractivity (Wildman–Crippen MR) is 108 cm³/mol. The first kappa shape index (κ1) is 20.3. The number of rotatable bonds is 7. The highest BCUT2D eigenvalue weighted by atomic mass is 19.1. The van der Waals surface area contributed by atoms with Crippen molar-refractivity contribution in [3.05, 3.63) is 65.5 Å². The van der Waals surface area contributed by atoms with Gasteiger partial charge in [0, 0.05) is 30.6 Å². The molecule has 1 aliphatic carbocycles. The molecule has 0 aromatic heterocycles. The fourth-order valence-electron chi connectivity index (χ4n) is 3.87. The number of carbonyl (C=O) groups is 1. The summed E-state index contributed by atoms with van der Waals surface area (Å²) >= 11 is 0. The standard InChI is InChI=1S/C23H29FN2O2/c1-28-21-11-9-17(10-12-21)13-14-26(16-19-5-2-3-8-22(19)24)23(27)18-6-4-7-20(25)15-18/h2-3,5,8-12,18,20H,4,6-7,13-16,25H2,1H3/t18-,20+/m1/s1. The third-order valence-corrected chi connectivity index (χ3v) is 5.52. The molecule has 1 saturated carbocycles. The Kier molecular flexibility index (Phi) is 7.04. The van der Waals surface area contributed by atoms with Crippen LogP contribution in [0.4, 0.5) is 4.39 Å². The number of amides is 1. The van der Waals surface area contributed by atoms with E-state index in [1.807, 2.05) is 24.3 Å². The van der Waals surface area contributed by atoms with E-state index >= 15 is 0 Å². The number of nitrogens with zero attached hydrogens (tertiary/aromatic N) is 1. The van der Waals surface area contributed by atoms with Crippen LogP contribution in [-0.2, 0) is 17.8 Å². The van der Waals surface area contributed by atoms with E-state index in [4.69, 9.17) is 10.5 Å². The van der Waals surface area contributed by atoms with Gasteiger partial charge in [0.2, 0.25) is 5.91 Å². The highest BCUT2D eigenvalue weighted by molar-refractivity contribution is 5.79. The molecular weight excluding hydrogens is 355 g/mol. The van der Waals surface area contributed by atoms with Crippen LogP contribution >= 0.6 is 0 Å². The maximum absolute atomic E-state index is 14.2. The van der Waals surface area contributed by atoms with Gasteiger partial charge in [-0.05, 0) is 49.4 Å². The lowest BCUT2D eigenvalue weighted by molar-refractivity contribution is -0.137. The van der Waals surface area contributed by atoms with E-state index in [1.54, 1.807) is 30.2 Å². The highest BCUT2D eigenvalue weighted by Gasteiger charge is 2.29. The summed E-state index contributed by atoms with van der Waals surface area (Å²) in [6.07, 6.45) is 4.24. The molecule has 0 heterocycles. The maximum Gasteiger partial charge on any atom is 0.226 e. The van der Waals surface area contributed by atoms with Crippen molar-refractivity contribution >= 4 is 5.91 Å². The van der Waals surface area contributed by atoms with Gasteiger partial charge in [-0.15, -0.1) is 0 Å². The number of hydrogen-bond donors (Lipinski definition) is 1. The molecule has 0 spiro atoms. The maximum atomic E-state index is 14.2. The van der Waals surface area contributed by atoms with E-state index < -0.39 is 0 Å². The summed E-state index contributed by atoms with van der Waals surface area (Å²) in [6.45, 7) is 0.832. The lowest BCUT2D eigenvalue weighted by Crippen LogP contribution is -2.41. The average Bonchev–Trinajstić information content (AvgIpc) is 2.72. The lowest BCUT2D eigenvalue weighted by atomic mass is 9.85. The fraction of sp³-hybridized carbons (Fsp3) is 0.435. The summed E-state index contributed by atoms with van der Waals surface area (Å²) in [5.74, 6) is 0.558. The van der Waals surface area contributed by atoms with Crippen molar-refractivity contribution in [3.8, 4) is 5.75 Å². The SMILES string of the molecule is COc1ccc(CCN(Cc2ccccc2F)C(=O)[C@@H]2CCC[C@H](N)C2)cc1. The zero-order valence-electron chi connectivity index (χ0n) is 16.4. The van der Waals surface area contributed by atoms with Gasteiger partial charge in [-0.3, -0.25) is 4.79 Å². The summed E-state index contributed by atoms with van der Waals surface area (Å²) < 4.78 is 19.4. The van der Waals surface area contributed by atoms with Crippen molar-refractivity contribution in [1.82, 2.24) is 4.90 Å². The molecule has 4 nitrogen and oxygen atoms in total. The van der Waals surface area contributed by atoms with Crippen molar-refractivity contribution in [3.63, 3.8) is 0 Å². The molecule has 0 unspecified atom stereocenters. The van der Waals surface area contributed by atoms with Gasteiger partial charge < -0.3 is 15.4 Å². The number of carbonyl (C=O) groups excluding carboxylic acids is 1. The summed E-state index contributed by atoms with van der Waals surface area (Å²) in [5.41, 5.74) is 7.75. The number of nitrogens with two attached hydrogens (primary N) is 1. The van der Waals surface area contributed by atoms with Crippen molar-refractivity contribution < 1.29 is 13.9 Å². The van der Waals surface area contributed by atoms with Crippen LogP contribution in [0.2, 0.25) is 0 Å². The third kappa shape index (κ3) is 5.32. The zero-order chi connectivity index (χ0) is 19.9. The Hall–Kier alpha value is -2.40. The largest absolute Gasteiger partial charge is 0.497 e. The number of hydrogen-bond acceptors (Lipinski definition) is 3. The summed E-state index contributed by atoms with van der Waals surface area (Å²) in [6, 6.07) is 14.6. The summed E-state index contributed by atoms with van der Waals surface area (Å²) in [5, 5.41) is 0. The lowest BCUT2D eigenvalue weighted by Gasteiger charge is -2.31. The molecule has 2 atom stereocenters. The molecule has 2 aromatic carbocycles. The molecule has 1 fully saturated rings. The van der Waals surface area contributed by atoms with Crippen molar-refractivity contribution in [1.29, 1.82) is 0 Å². The van der Waals surface area contributed by atoms with Gasteiger partial charge in [0.1, 0.15) is 11.6 Å². The second-order valence-corrected chi connectivity index (χ2v) is 7.57. The van der Waals surface area contributed by atoms with Gasteiger partial charge >= 0.3 is 0 Å². The van der Waals surface area contributed by atoms with E-state index in [0.29, 0.717) is 18.5 Å². The molecule has 2 N–H and O–H groups in total. The Labute approximate surface area is 166 Å². The average molecular weight is 384 g/mol. The molecule has 2 aromatic rings. The molecule has 3 rings (SSSR count). The van der Waals surface area contributed by atoms with E-state index in [-0.39, 0.29) is 30.2 Å². The molecule has 28 heavy (non-hydrogen) atoms. The van der Waals surface area contributed by atoms with Gasteiger partial charge in [0.15, 0.2) is 0 Å². The van der Waals surface area contributed by atoms with E-state index in [2.05, 4.69) is 0 Å². The molecule has 1 amide bonds. The Bertz CT molecular complexity index is 778. The first-order valence-electron chi connectivity index (χ1n) is 9.97. The van der Waals surface area contributed by atoms with Crippen LogP contribution in [0.5, 0.6) is 5.75 Å². The van der Waals surface area contributed by atoms with Crippen LogP contribution in [0.1, 0.15) is 36.8 Å². The molecule has 150 valence electrons. The quantitative estimate of drug-likeness (QED) is 0.787. The topological polar surface area (TPSA) is 55.6 Å². The zero-order valence-corrected chi connectivity index (χ0v) is 16.4. The Balaban J connectivity index is 1.73. The predicted octanol–water partition coefficient (Wildman–Crippen LogP) is 3.92. The van der Waals surface area contributed by atoms with Crippen LogP contribution in [-0.4, -0.2) is 30.5 Å². The number of ether oxygens (including phenoxy) is 1. The molecule has 1 aliphatic rings. The van der Waals surface area contributed by atoms with Crippen LogP contribution in [0.25, 0.3) is 0 Å². The summed E-state index contributed by atoms with van der Waals surface area (Å²) in [4.78, 5) is 15.0. The van der Waals surface area contributed by atoms with Crippen molar-refractivity contribution in [2.75, 3.05) is 13.7 Å². The molecule has 0 bridgehead atoms.